The second kappa shape index (κ2) is 10.2. The van der Waals surface area contributed by atoms with Crippen molar-refractivity contribution in [2.75, 3.05) is 26.2 Å². The minimum Gasteiger partial charge on any atom is -0.314 e. The van der Waals surface area contributed by atoms with Gasteiger partial charge >= 0.3 is 6.18 Å². The summed E-state index contributed by atoms with van der Waals surface area (Å²) in [6, 6.07) is 3.17. The van der Waals surface area contributed by atoms with Crippen molar-refractivity contribution in [1.82, 2.24) is 10.2 Å². The topological polar surface area (TPSA) is 15.3 Å². The number of nitrogens with one attached hydrogen (secondary N) is 1. The van der Waals surface area contributed by atoms with Crippen molar-refractivity contribution in [3.8, 4) is 0 Å². The van der Waals surface area contributed by atoms with Crippen LogP contribution in [0.2, 0.25) is 0 Å². The first kappa shape index (κ1) is 23.2. The summed E-state index contributed by atoms with van der Waals surface area (Å²) in [5.41, 5.74) is -0.617. The van der Waals surface area contributed by atoms with E-state index >= 15 is 0 Å². The van der Waals surface area contributed by atoms with Crippen LogP contribution in [0.25, 0.3) is 0 Å². The Kier molecular flexibility index (Phi) is 9.88. The summed E-state index contributed by atoms with van der Waals surface area (Å²) in [5.74, 6) is -1.20. The monoisotopic (exact) mass is 388 g/mol. The second-order valence-electron chi connectivity index (χ2n) is 5.40. The molecule has 1 fully saturated rings. The quantitative estimate of drug-likeness (QED) is 0.585. The molecule has 2 nitrogen and oxygen atoms in total. The standard InChI is InChI=1S/C16H20F4N2.2ClH/c1-2-3-4-15(22-9-7-21-8-10-22)12-5-6-13(14(17)11-12)16(18,19)20;;/h2,5-6,11,15,21H,1,3-4,7-10H2;2*1H/t15-;;/m1../s1. The number of hydrogen-bond acceptors (Lipinski definition) is 2. The fourth-order valence-electron chi connectivity index (χ4n) is 2.80. The van der Waals surface area contributed by atoms with Crippen molar-refractivity contribution in [3.05, 3.63) is 47.8 Å². The molecule has 0 unspecified atom stereocenters. The molecule has 24 heavy (non-hydrogen) atoms. The third kappa shape index (κ3) is 5.92. The molecular weight excluding hydrogens is 367 g/mol. The van der Waals surface area contributed by atoms with Gasteiger partial charge in [0.2, 0.25) is 0 Å². The minimum absolute atomic E-state index is 0. The molecule has 0 spiro atoms. The smallest absolute Gasteiger partial charge is 0.314 e. The van der Waals surface area contributed by atoms with Crippen molar-refractivity contribution in [2.24, 2.45) is 0 Å². The lowest BCUT2D eigenvalue weighted by atomic mass is 9.98. The van der Waals surface area contributed by atoms with Gasteiger partial charge < -0.3 is 5.32 Å². The van der Waals surface area contributed by atoms with E-state index in [1.54, 1.807) is 6.08 Å². The van der Waals surface area contributed by atoms with Gasteiger partial charge in [-0.15, -0.1) is 31.4 Å². The lowest BCUT2D eigenvalue weighted by Gasteiger charge is -2.35. The van der Waals surface area contributed by atoms with Crippen molar-refractivity contribution in [1.29, 1.82) is 0 Å². The molecule has 0 amide bonds. The molecule has 1 aromatic rings. The molecule has 0 saturated carbocycles. The third-order valence-corrected chi connectivity index (χ3v) is 3.92. The summed E-state index contributed by atoms with van der Waals surface area (Å²) in [6.45, 7) is 6.93. The van der Waals surface area contributed by atoms with Gasteiger partial charge in [0.15, 0.2) is 0 Å². The van der Waals surface area contributed by atoms with Gasteiger partial charge in [-0.25, -0.2) is 4.39 Å². The lowest BCUT2D eigenvalue weighted by Crippen LogP contribution is -2.45. The maximum Gasteiger partial charge on any atom is 0.419 e. The first-order valence-electron chi connectivity index (χ1n) is 7.36. The molecule has 1 aromatic carbocycles. The van der Waals surface area contributed by atoms with Crippen molar-refractivity contribution >= 4 is 24.8 Å². The summed E-state index contributed by atoms with van der Waals surface area (Å²) >= 11 is 0. The molecule has 1 saturated heterocycles. The second-order valence-corrected chi connectivity index (χ2v) is 5.40. The van der Waals surface area contributed by atoms with E-state index in [4.69, 9.17) is 0 Å². The lowest BCUT2D eigenvalue weighted by molar-refractivity contribution is -0.140. The normalized spacial score (nSPS) is 16.7. The Morgan fingerprint density at radius 1 is 1.21 bits per heavy atom. The molecule has 1 N–H and O–H groups in total. The molecule has 1 heterocycles. The largest absolute Gasteiger partial charge is 0.419 e. The van der Waals surface area contributed by atoms with Crippen LogP contribution in [-0.4, -0.2) is 31.1 Å². The summed E-state index contributed by atoms with van der Waals surface area (Å²) < 4.78 is 51.8. The van der Waals surface area contributed by atoms with Gasteiger partial charge in [0.05, 0.1) is 5.56 Å². The molecule has 0 aliphatic carbocycles. The fourth-order valence-corrected chi connectivity index (χ4v) is 2.80. The molecule has 1 aliphatic heterocycles. The van der Waals surface area contributed by atoms with Crippen LogP contribution in [-0.2, 0) is 6.18 Å². The highest BCUT2D eigenvalue weighted by molar-refractivity contribution is 5.85. The fraction of sp³-hybridized carbons (Fsp3) is 0.500. The summed E-state index contributed by atoms with van der Waals surface area (Å²) in [4.78, 5) is 2.18. The predicted octanol–water partition coefficient (Wildman–Crippen LogP) is 4.60. The average Bonchev–Trinajstić information content (AvgIpc) is 2.47. The first-order valence-corrected chi connectivity index (χ1v) is 7.36. The number of halogens is 6. The van der Waals surface area contributed by atoms with Crippen molar-refractivity contribution in [3.63, 3.8) is 0 Å². The first-order chi connectivity index (χ1) is 10.4. The third-order valence-electron chi connectivity index (χ3n) is 3.92. The number of hydrogen-bond donors (Lipinski definition) is 1. The highest BCUT2D eigenvalue weighted by Crippen LogP contribution is 2.34. The maximum atomic E-state index is 13.8. The number of piperazine rings is 1. The summed E-state index contributed by atoms with van der Waals surface area (Å²) in [7, 11) is 0. The molecule has 0 bridgehead atoms. The van der Waals surface area contributed by atoms with Gasteiger partial charge in [-0.3, -0.25) is 4.90 Å². The highest BCUT2D eigenvalue weighted by Gasteiger charge is 2.34. The Labute approximate surface area is 152 Å². The number of benzene rings is 1. The SMILES string of the molecule is C=CCC[C@H](c1ccc(C(F)(F)F)c(F)c1)N1CCNCC1.Cl.Cl. The number of allylic oxidation sites excluding steroid dienone is 1. The van der Waals surface area contributed by atoms with Crippen molar-refractivity contribution in [2.45, 2.75) is 25.1 Å². The molecule has 1 aliphatic rings. The molecular formula is C16H22Cl2F4N2. The maximum absolute atomic E-state index is 13.8. The van der Waals surface area contributed by atoms with Crippen LogP contribution < -0.4 is 5.32 Å². The van der Waals surface area contributed by atoms with Crippen LogP contribution in [0.3, 0.4) is 0 Å². The van der Waals surface area contributed by atoms with Crippen LogP contribution in [0.4, 0.5) is 17.6 Å². The van der Waals surface area contributed by atoms with Gasteiger partial charge in [-0.2, -0.15) is 13.2 Å². The molecule has 138 valence electrons. The summed E-state index contributed by atoms with van der Waals surface area (Å²) in [6.07, 6.45) is -1.44. The van der Waals surface area contributed by atoms with Crippen LogP contribution in [0.15, 0.2) is 30.9 Å². The molecule has 2 rings (SSSR count). The van der Waals surface area contributed by atoms with Gasteiger partial charge in [0.1, 0.15) is 5.82 Å². The minimum atomic E-state index is -4.66. The molecule has 0 aromatic heterocycles. The number of nitrogens with zero attached hydrogens (tertiary/aromatic N) is 1. The van der Waals surface area contributed by atoms with E-state index in [0.29, 0.717) is 12.0 Å². The van der Waals surface area contributed by atoms with Gasteiger partial charge in [-0.1, -0.05) is 12.1 Å². The zero-order valence-electron chi connectivity index (χ0n) is 13.1. The van der Waals surface area contributed by atoms with E-state index in [1.165, 1.54) is 6.07 Å². The Balaban J connectivity index is 0.00000264. The van der Waals surface area contributed by atoms with E-state index in [0.717, 1.165) is 44.7 Å². The Hall–Kier alpha value is -0.820. The molecule has 0 radical (unpaired) electrons. The van der Waals surface area contributed by atoms with Gasteiger partial charge in [0, 0.05) is 32.2 Å². The average molecular weight is 389 g/mol. The van der Waals surface area contributed by atoms with Crippen LogP contribution in [0.1, 0.15) is 30.0 Å². The van der Waals surface area contributed by atoms with Crippen LogP contribution in [0.5, 0.6) is 0 Å². The molecule has 1 atom stereocenters. The van der Waals surface area contributed by atoms with E-state index in [9.17, 15) is 17.6 Å². The van der Waals surface area contributed by atoms with Crippen LogP contribution >= 0.6 is 24.8 Å². The Bertz CT molecular complexity index is 517. The zero-order chi connectivity index (χ0) is 16.2. The van der Waals surface area contributed by atoms with E-state index < -0.39 is 17.6 Å². The van der Waals surface area contributed by atoms with E-state index in [2.05, 4.69) is 16.8 Å². The van der Waals surface area contributed by atoms with E-state index in [1.807, 2.05) is 0 Å². The highest BCUT2D eigenvalue weighted by atomic mass is 35.5. The van der Waals surface area contributed by atoms with Gasteiger partial charge in [0.25, 0.3) is 0 Å². The summed E-state index contributed by atoms with van der Waals surface area (Å²) in [5, 5.41) is 3.23. The number of alkyl halides is 3. The number of rotatable bonds is 5. The van der Waals surface area contributed by atoms with E-state index in [-0.39, 0.29) is 30.9 Å². The Morgan fingerprint density at radius 3 is 2.33 bits per heavy atom. The zero-order valence-corrected chi connectivity index (χ0v) is 14.7. The Morgan fingerprint density at radius 2 is 1.83 bits per heavy atom. The van der Waals surface area contributed by atoms with Gasteiger partial charge in [-0.05, 0) is 30.5 Å². The predicted molar refractivity (Wildman–Crippen MR) is 92.5 cm³/mol. The van der Waals surface area contributed by atoms with Crippen molar-refractivity contribution < 1.29 is 17.6 Å². The molecule has 8 heteroatoms. The van der Waals surface area contributed by atoms with Crippen LogP contribution in [0, 0.1) is 5.82 Å².